The van der Waals surface area contributed by atoms with Crippen molar-refractivity contribution < 1.29 is 13.2 Å². The highest BCUT2D eigenvalue weighted by Gasteiger charge is 2.42. The molecule has 0 unspecified atom stereocenters. The second kappa shape index (κ2) is 7.98. The molecule has 134 valence electrons. The van der Waals surface area contributed by atoms with Gasteiger partial charge in [-0.1, -0.05) is 24.3 Å². The molecule has 1 aromatic carbocycles. The van der Waals surface area contributed by atoms with Crippen molar-refractivity contribution in [3.05, 3.63) is 35.4 Å². The van der Waals surface area contributed by atoms with Gasteiger partial charge in [0.2, 0.25) is 0 Å². The number of nitrogens with one attached hydrogen (secondary N) is 2. The second-order valence-electron chi connectivity index (χ2n) is 6.27. The second-order valence-corrected chi connectivity index (χ2v) is 8.68. The van der Waals surface area contributed by atoms with Crippen LogP contribution in [0.5, 0.6) is 0 Å². The Balaban J connectivity index is 1.98. The lowest BCUT2D eigenvalue weighted by Gasteiger charge is -2.35. The molecular weight excluding hydrogens is 326 g/mol. The number of nitrogens with zero attached hydrogens (tertiary/aromatic N) is 1. The molecule has 1 fully saturated rings. The summed E-state index contributed by atoms with van der Waals surface area (Å²) in [7, 11) is -1.51. The van der Waals surface area contributed by atoms with E-state index in [9.17, 15) is 8.42 Å². The quantitative estimate of drug-likeness (QED) is 0.615. The van der Waals surface area contributed by atoms with E-state index in [1.54, 1.807) is 7.05 Å². The number of benzene rings is 1. The first kappa shape index (κ1) is 18.7. The van der Waals surface area contributed by atoms with Crippen molar-refractivity contribution in [3.8, 4) is 0 Å². The lowest BCUT2D eigenvalue weighted by molar-refractivity contribution is 0.0756. The minimum Gasteiger partial charge on any atom is -0.381 e. The average molecular weight is 353 g/mol. The van der Waals surface area contributed by atoms with Crippen molar-refractivity contribution in [1.82, 2.24) is 10.6 Å². The van der Waals surface area contributed by atoms with Crippen LogP contribution in [-0.2, 0) is 21.1 Å². The molecule has 1 heterocycles. The molecule has 1 aliphatic heterocycles. The number of ether oxygens (including phenoxy) is 1. The van der Waals surface area contributed by atoms with Crippen molar-refractivity contribution >= 4 is 15.8 Å². The average Bonchev–Trinajstić information content (AvgIpc) is 2.56. The van der Waals surface area contributed by atoms with Gasteiger partial charge in [0.25, 0.3) is 0 Å². The van der Waals surface area contributed by atoms with Gasteiger partial charge in [-0.25, -0.2) is 8.42 Å². The summed E-state index contributed by atoms with van der Waals surface area (Å²) in [4.78, 5) is 4.20. The Morgan fingerprint density at radius 3 is 2.50 bits per heavy atom. The molecule has 0 radical (unpaired) electrons. The smallest absolute Gasteiger partial charge is 0.191 e. The first-order chi connectivity index (χ1) is 11.4. The Bertz CT molecular complexity index is 680. The predicted octanol–water partition coefficient (Wildman–Crippen LogP) is 1.25. The molecule has 24 heavy (non-hydrogen) atoms. The van der Waals surface area contributed by atoms with Gasteiger partial charge in [0.15, 0.2) is 15.8 Å². The first-order valence-electron chi connectivity index (χ1n) is 8.14. The van der Waals surface area contributed by atoms with E-state index in [0.717, 1.165) is 0 Å². The Morgan fingerprint density at radius 2 is 1.92 bits per heavy atom. The van der Waals surface area contributed by atoms with Gasteiger partial charge in [0.1, 0.15) is 0 Å². The fourth-order valence-corrected chi connectivity index (χ4v) is 4.12. The van der Waals surface area contributed by atoms with Gasteiger partial charge >= 0.3 is 0 Å². The van der Waals surface area contributed by atoms with E-state index in [1.165, 1.54) is 17.4 Å². The van der Waals surface area contributed by atoms with Crippen LogP contribution in [-0.4, -0.2) is 52.2 Å². The van der Waals surface area contributed by atoms with E-state index >= 15 is 0 Å². The topological polar surface area (TPSA) is 79.8 Å². The third-order valence-electron chi connectivity index (χ3n) is 4.70. The highest BCUT2D eigenvalue weighted by molar-refractivity contribution is 7.92. The summed E-state index contributed by atoms with van der Waals surface area (Å²) < 4.78 is 29.1. The van der Waals surface area contributed by atoms with Gasteiger partial charge in [-0.2, -0.15) is 0 Å². The molecule has 7 heteroatoms. The summed E-state index contributed by atoms with van der Waals surface area (Å²) in [5.74, 6) is 0.604. The lowest BCUT2D eigenvalue weighted by atomic mass is 9.99. The normalized spacial score (nSPS) is 18.2. The molecule has 0 amide bonds. The Hall–Kier alpha value is -1.60. The number of hydrogen-bond acceptors (Lipinski definition) is 4. The highest BCUT2D eigenvalue weighted by Crippen LogP contribution is 2.28. The Morgan fingerprint density at radius 1 is 1.25 bits per heavy atom. The van der Waals surface area contributed by atoms with Crippen LogP contribution in [0.4, 0.5) is 0 Å². The van der Waals surface area contributed by atoms with Crippen LogP contribution in [0.2, 0.25) is 0 Å². The third kappa shape index (κ3) is 4.48. The molecule has 2 rings (SSSR count). The zero-order chi connectivity index (χ0) is 17.6. The number of aliphatic imine (C=N–C) groups is 1. The molecule has 2 N–H and O–H groups in total. The summed E-state index contributed by atoms with van der Waals surface area (Å²) in [6, 6.07) is 8.13. The fraction of sp³-hybridized carbons (Fsp3) is 0.588. The minimum absolute atomic E-state index is 0.336. The third-order valence-corrected chi connectivity index (χ3v) is 6.83. The molecule has 0 bridgehead atoms. The zero-order valence-electron chi connectivity index (χ0n) is 14.6. The zero-order valence-corrected chi connectivity index (χ0v) is 15.4. The number of sulfone groups is 1. The van der Waals surface area contributed by atoms with E-state index in [2.05, 4.69) is 34.7 Å². The van der Waals surface area contributed by atoms with Crippen LogP contribution >= 0.6 is 0 Å². The standard InChI is InChI=1S/C17H27N3O3S/c1-14-6-4-5-7-15(14)12-19-16(18-2)20-13-17(24(3,21)22)8-10-23-11-9-17/h4-7H,8-13H2,1-3H3,(H2,18,19,20). The maximum absolute atomic E-state index is 12.3. The van der Waals surface area contributed by atoms with Gasteiger partial charge in [0, 0.05) is 39.6 Å². The molecule has 1 aliphatic rings. The summed E-state index contributed by atoms with van der Waals surface area (Å²) >= 11 is 0. The molecule has 1 saturated heterocycles. The number of rotatable bonds is 5. The number of hydrogen-bond donors (Lipinski definition) is 2. The van der Waals surface area contributed by atoms with Gasteiger partial charge in [-0.15, -0.1) is 0 Å². The summed E-state index contributed by atoms with van der Waals surface area (Å²) in [6.07, 6.45) is 2.32. The van der Waals surface area contributed by atoms with Crippen LogP contribution < -0.4 is 10.6 Å². The van der Waals surface area contributed by atoms with E-state index in [0.29, 0.717) is 45.1 Å². The van der Waals surface area contributed by atoms with E-state index in [4.69, 9.17) is 4.74 Å². The first-order valence-corrected chi connectivity index (χ1v) is 10.0. The molecule has 0 atom stereocenters. The molecule has 0 aliphatic carbocycles. The monoisotopic (exact) mass is 353 g/mol. The van der Waals surface area contributed by atoms with Crippen LogP contribution in [0.15, 0.2) is 29.3 Å². The predicted molar refractivity (Wildman–Crippen MR) is 97.0 cm³/mol. The molecule has 0 saturated carbocycles. The van der Waals surface area contributed by atoms with E-state index in [-0.39, 0.29) is 0 Å². The maximum atomic E-state index is 12.3. The number of guanidine groups is 1. The lowest BCUT2D eigenvalue weighted by Crippen LogP contribution is -2.53. The largest absolute Gasteiger partial charge is 0.381 e. The van der Waals surface area contributed by atoms with Gasteiger partial charge < -0.3 is 15.4 Å². The van der Waals surface area contributed by atoms with Crippen LogP contribution in [0.3, 0.4) is 0 Å². The maximum Gasteiger partial charge on any atom is 0.191 e. The summed E-state index contributed by atoms with van der Waals surface area (Å²) in [5.41, 5.74) is 2.39. The molecule has 6 nitrogen and oxygen atoms in total. The molecule has 1 aromatic rings. The van der Waals surface area contributed by atoms with Crippen LogP contribution in [0.1, 0.15) is 24.0 Å². The van der Waals surface area contributed by atoms with Crippen LogP contribution in [0.25, 0.3) is 0 Å². The SMILES string of the molecule is CN=C(NCc1ccccc1C)NCC1(S(C)(=O)=O)CCOCC1. The van der Waals surface area contributed by atoms with Crippen molar-refractivity contribution in [2.75, 3.05) is 33.1 Å². The molecule has 0 spiro atoms. The van der Waals surface area contributed by atoms with Gasteiger partial charge in [-0.3, -0.25) is 4.99 Å². The van der Waals surface area contributed by atoms with Crippen molar-refractivity contribution in [1.29, 1.82) is 0 Å². The van der Waals surface area contributed by atoms with Crippen LogP contribution in [0, 0.1) is 6.92 Å². The van der Waals surface area contributed by atoms with E-state index in [1.807, 2.05) is 12.1 Å². The highest BCUT2D eigenvalue weighted by atomic mass is 32.2. The van der Waals surface area contributed by atoms with Gasteiger partial charge in [0.05, 0.1) is 4.75 Å². The molecule has 0 aromatic heterocycles. The van der Waals surface area contributed by atoms with Gasteiger partial charge in [-0.05, 0) is 30.9 Å². The van der Waals surface area contributed by atoms with Crippen molar-refractivity contribution in [2.24, 2.45) is 4.99 Å². The Labute approximate surface area is 144 Å². The van der Waals surface area contributed by atoms with Crippen molar-refractivity contribution in [3.63, 3.8) is 0 Å². The number of aryl methyl sites for hydroxylation is 1. The van der Waals surface area contributed by atoms with E-state index < -0.39 is 14.6 Å². The Kier molecular flexibility index (Phi) is 6.23. The van der Waals surface area contributed by atoms with Crippen molar-refractivity contribution in [2.45, 2.75) is 31.1 Å². The fourth-order valence-electron chi connectivity index (χ4n) is 2.87. The summed E-state index contributed by atoms with van der Waals surface area (Å²) in [5, 5.41) is 6.43. The molecular formula is C17H27N3O3S. The minimum atomic E-state index is -3.19. The summed E-state index contributed by atoms with van der Waals surface area (Å²) in [6.45, 7) is 3.99.